The molecule has 1 atom stereocenters. The molecule has 2 aliphatic rings. The van der Waals surface area contributed by atoms with Crippen LogP contribution in [-0.4, -0.2) is 46.3 Å². The first kappa shape index (κ1) is 16.7. The molecule has 0 aromatic carbocycles. The average molecular weight is 380 g/mol. The van der Waals surface area contributed by atoms with Gasteiger partial charge in [-0.05, 0) is 49.9 Å². The molecule has 1 unspecified atom stereocenters. The summed E-state index contributed by atoms with van der Waals surface area (Å²) >= 11 is 3.09. The average Bonchev–Trinajstić information content (AvgIpc) is 3.28. The van der Waals surface area contributed by atoms with Crippen molar-refractivity contribution in [2.24, 2.45) is 0 Å². The van der Waals surface area contributed by atoms with Crippen molar-refractivity contribution in [3.63, 3.8) is 0 Å². The third-order valence-electron chi connectivity index (χ3n) is 4.71. The van der Waals surface area contributed by atoms with Crippen molar-refractivity contribution in [3.8, 4) is 5.19 Å². The van der Waals surface area contributed by atoms with E-state index in [4.69, 9.17) is 9.72 Å². The second kappa shape index (κ2) is 7.25. The Kier molecular flexibility index (Phi) is 4.85. The molecule has 1 aliphatic heterocycles. The van der Waals surface area contributed by atoms with Crippen LogP contribution in [0.4, 0.5) is 9.93 Å². The Hall–Kier alpha value is -1.74. The number of hydrogen-bond acceptors (Lipinski definition) is 7. The van der Waals surface area contributed by atoms with Gasteiger partial charge in [0.15, 0.2) is 0 Å². The van der Waals surface area contributed by atoms with Crippen LogP contribution in [0, 0.1) is 0 Å². The highest BCUT2D eigenvalue weighted by molar-refractivity contribution is 7.17. The molecule has 7 nitrogen and oxygen atoms in total. The number of hydrogen-bond donors (Lipinski definition) is 1. The number of aromatic nitrogens is 3. The zero-order valence-corrected chi connectivity index (χ0v) is 15.8. The van der Waals surface area contributed by atoms with Crippen molar-refractivity contribution in [2.45, 2.75) is 44.4 Å². The molecular weight excluding hydrogens is 358 g/mol. The normalized spacial score (nSPS) is 20.2. The fourth-order valence-electron chi connectivity index (χ4n) is 3.42. The van der Waals surface area contributed by atoms with Gasteiger partial charge in [0.05, 0.1) is 17.8 Å². The van der Waals surface area contributed by atoms with E-state index in [1.807, 2.05) is 16.2 Å². The molecule has 4 rings (SSSR count). The molecule has 2 aromatic heterocycles. The van der Waals surface area contributed by atoms with Crippen LogP contribution in [0.2, 0.25) is 0 Å². The summed E-state index contributed by atoms with van der Waals surface area (Å²) in [5.74, 6) is 0.346. The molecule has 3 heterocycles. The van der Waals surface area contributed by atoms with Crippen LogP contribution >= 0.6 is 22.7 Å². The number of carbonyl (C=O) groups is 1. The highest BCUT2D eigenvalue weighted by Gasteiger charge is 2.28. The SMILES string of the molecule is COc1nnc(NC(=O)N2CCCC(c3nc4c(s3)CCCC4)C2)s1. The molecular formula is C16H21N5O2S2. The third-order valence-corrected chi connectivity index (χ3v) is 6.83. The lowest BCUT2D eigenvalue weighted by Gasteiger charge is -2.31. The van der Waals surface area contributed by atoms with E-state index in [9.17, 15) is 4.79 Å². The van der Waals surface area contributed by atoms with Crippen molar-refractivity contribution in [2.75, 3.05) is 25.5 Å². The molecule has 0 radical (unpaired) electrons. The number of likely N-dealkylation sites (tertiary alicyclic amines) is 1. The first-order valence-electron chi connectivity index (χ1n) is 8.65. The van der Waals surface area contributed by atoms with Gasteiger partial charge in [-0.3, -0.25) is 5.32 Å². The number of ether oxygens (including phenoxy) is 1. The van der Waals surface area contributed by atoms with Crippen molar-refractivity contribution < 1.29 is 9.53 Å². The predicted octanol–water partition coefficient (Wildman–Crippen LogP) is 3.29. The number of anilines is 1. The number of thiazole rings is 1. The quantitative estimate of drug-likeness (QED) is 0.885. The standard InChI is InChI=1S/C16H21N5O2S2/c1-23-16-20-19-14(25-16)18-15(22)21-8-4-5-10(9-21)13-17-11-6-2-3-7-12(11)24-13/h10H,2-9H2,1H3,(H,18,19,22). The molecule has 1 fully saturated rings. The largest absolute Gasteiger partial charge is 0.472 e. The first-order chi connectivity index (χ1) is 12.2. The van der Waals surface area contributed by atoms with E-state index in [2.05, 4.69) is 15.5 Å². The summed E-state index contributed by atoms with van der Waals surface area (Å²) in [7, 11) is 1.54. The molecule has 0 saturated carbocycles. The number of aryl methyl sites for hydroxylation is 2. The fourth-order valence-corrected chi connectivity index (χ4v) is 5.25. The molecule has 134 valence electrons. The highest BCUT2D eigenvalue weighted by Crippen LogP contribution is 2.35. The van der Waals surface area contributed by atoms with Gasteiger partial charge in [0, 0.05) is 23.9 Å². The Balaban J connectivity index is 1.41. The molecule has 1 saturated heterocycles. The van der Waals surface area contributed by atoms with Gasteiger partial charge in [0.25, 0.3) is 5.19 Å². The maximum atomic E-state index is 12.5. The smallest absolute Gasteiger partial charge is 0.323 e. The molecule has 0 bridgehead atoms. The number of nitrogens with zero attached hydrogens (tertiary/aromatic N) is 4. The van der Waals surface area contributed by atoms with E-state index >= 15 is 0 Å². The van der Waals surface area contributed by atoms with E-state index in [0.717, 1.165) is 25.8 Å². The summed E-state index contributed by atoms with van der Waals surface area (Å²) in [6, 6.07) is -0.121. The van der Waals surface area contributed by atoms with Crippen LogP contribution < -0.4 is 10.1 Å². The minimum atomic E-state index is -0.121. The van der Waals surface area contributed by atoms with Gasteiger partial charge in [-0.2, -0.15) is 0 Å². The van der Waals surface area contributed by atoms with Gasteiger partial charge < -0.3 is 9.64 Å². The van der Waals surface area contributed by atoms with Gasteiger partial charge in [0.2, 0.25) is 5.13 Å². The van der Waals surface area contributed by atoms with Crippen molar-refractivity contribution in [1.29, 1.82) is 0 Å². The summed E-state index contributed by atoms with van der Waals surface area (Å²) in [5, 5.41) is 12.7. The topological polar surface area (TPSA) is 80.2 Å². The number of nitrogens with one attached hydrogen (secondary N) is 1. The van der Waals surface area contributed by atoms with Gasteiger partial charge >= 0.3 is 6.03 Å². The minimum absolute atomic E-state index is 0.121. The third kappa shape index (κ3) is 3.62. The summed E-state index contributed by atoms with van der Waals surface area (Å²) in [5.41, 5.74) is 1.30. The lowest BCUT2D eigenvalue weighted by Crippen LogP contribution is -2.41. The van der Waals surface area contributed by atoms with Crippen LogP contribution in [0.15, 0.2) is 0 Å². The first-order valence-corrected chi connectivity index (χ1v) is 10.3. The molecule has 1 N–H and O–H groups in total. The van der Waals surface area contributed by atoms with Gasteiger partial charge in [-0.15, -0.1) is 16.4 Å². The number of urea groups is 1. The summed E-state index contributed by atoms with van der Waals surface area (Å²) in [6.45, 7) is 1.48. The van der Waals surface area contributed by atoms with Crippen LogP contribution in [0.25, 0.3) is 0 Å². The summed E-state index contributed by atoms with van der Waals surface area (Å²) < 4.78 is 5.01. The van der Waals surface area contributed by atoms with Crippen LogP contribution in [0.1, 0.15) is 47.2 Å². The highest BCUT2D eigenvalue weighted by atomic mass is 32.1. The molecule has 2 amide bonds. The van der Waals surface area contributed by atoms with E-state index < -0.39 is 0 Å². The zero-order valence-electron chi connectivity index (χ0n) is 14.2. The van der Waals surface area contributed by atoms with Crippen LogP contribution in [0.3, 0.4) is 0 Å². The van der Waals surface area contributed by atoms with Gasteiger partial charge in [0.1, 0.15) is 0 Å². The Morgan fingerprint density at radius 2 is 2.12 bits per heavy atom. The molecule has 25 heavy (non-hydrogen) atoms. The van der Waals surface area contributed by atoms with Crippen LogP contribution in [-0.2, 0) is 12.8 Å². The summed E-state index contributed by atoms with van der Waals surface area (Å²) in [4.78, 5) is 20.7. The van der Waals surface area contributed by atoms with E-state index in [1.54, 1.807) is 0 Å². The van der Waals surface area contributed by atoms with Gasteiger partial charge in [-0.25, -0.2) is 9.78 Å². The Morgan fingerprint density at radius 1 is 1.24 bits per heavy atom. The van der Waals surface area contributed by atoms with E-state index in [1.165, 1.54) is 53.3 Å². The maximum absolute atomic E-state index is 12.5. The number of fused-ring (bicyclic) bond motifs is 1. The second-order valence-corrected chi connectivity index (χ2v) is 8.48. The summed E-state index contributed by atoms with van der Waals surface area (Å²) in [6.07, 6.45) is 6.91. The Labute approximate surface area is 154 Å². The second-order valence-electron chi connectivity index (χ2n) is 6.42. The maximum Gasteiger partial charge on any atom is 0.323 e. The number of carbonyl (C=O) groups excluding carboxylic acids is 1. The van der Waals surface area contributed by atoms with Gasteiger partial charge in [-0.1, -0.05) is 5.10 Å². The zero-order chi connectivity index (χ0) is 17.2. The molecule has 0 spiro atoms. The Bertz CT molecular complexity index is 736. The molecule has 1 aliphatic carbocycles. The molecule has 9 heteroatoms. The number of methoxy groups -OCH3 is 1. The Morgan fingerprint density at radius 3 is 2.92 bits per heavy atom. The predicted molar refractivity (Wildman–Crippen MR) is 97.8 cm³/mol. The molecule has 2 aromatic rings. The van der Waals surface area contributed by atoms with Crippen molar-refractivity contribution >= 4 is 33.8 Å². The van der Waals surface area contributed by atoms with Crippen molar-refractivity contribution in [3.05, 3.63) is 15.6 Å². The monoisotopic (exact) mass is 379 g/mol. The number of rotatable bonds is 3. The van der Waals surface area contributed by atoms with E-state index in [-0.39, 0.29) is 6.03 Å². The lowest BCUT2D eigenvalue weighted by molar-refractivity contribution is 0.192. The fraction of sp³-hybridized carbons (Fsp3) is 0.625. The van der Waals surface area contributed by atoms with Crippen molar-refractivity contribution in [1.82, 2.24) is 20.1 Å². The van der Waals surface area contributed by atoms with E-state index in [0.29, 0.717) is 22.8 Å². The number of piperidine rings is 1. The minimum Gasteiger partial charge on any atom is -0.472 e. The lowest BCUT2D eigenvalue weighted by atomic mass is 9.98. The van der Waals surface area contributed by atoms with Crippen LogP contribution in [0.5, 0.6) is 5.19 Å². The number of amides is 2.